The molecule has 0 saturated carbocycles. The Bertz CT molecular complexity index is 366. The summed E-state index contributed by atoms with van der Waals surface area (Å²) in [5.74, 6) is 0. The van der Waals surface area contributed by atoms with Gasteiger partial charge in [0.2, 0.25) is 0 Å². The SMILES string of the molecule is CCC(C)N(C)CCNCc1cn(C(C)(C)C)nn1. The van der Waals surface area contributed by atoms with Crippen molar-refractivity contribution in [1.29, 1.82) is 0 Å². The Morgan fingerprint density at radius 3 is 2.63 bits per heavy atom. The highest BCUT2D eigenvalue weighted by atomic mass is 15.4. The van der Waals surface area contributed by atoms with Crippen molar-refractivity contribution in [3.05, 3.63) is 11.9 Å². The molecule has 110 valence electrons. The van der Waals surface area contributed by atoms with Crippen LogP contribution in [-0.4, -0.2) is 46.1 Å². The van der Waals surface area contributed by atoms with E-state index in [2.05, 4.69) is 62.2 Å². The molecule has 0 aliphatic rings. The summed E-state index contributed by atoms with van der Waals surface area (Å²) in [6.07, 6.45) is 3.21. The Labute approximate surface area is 117 Å². The number of nitrogens with one attached hydrogen (secondary N) is 1. The molecular weight excluding hydrogens is 238 g/mol. The summed E-state index contributed by atoms with van der Waals surface area (Å²) in [5.41, 5.74) is 1.00. The van der Waals surface area contributed by atoms with E-state index in [1.165, 1.54) is 6.42 Å². The number of hydrogen-bond donors (Lipinski definition) is 1. The monoisotopic (exact) mass is 267 g/mol. The van der Waals surface area contributed by atoms with E-state index >= 15 is 0 Å². The van der Waals surface area contributed by atoms with Crippen molar-refractivity contribution >= 4 is 0 Å². The summed E-state index contributed by atoms with van der Waals surface area (Å²) in [6, 6.07) is 0.642. The molecular formula is C14H29N5. The van der Waals surface area contributed by atoms with Gasteiger partial charge in [0.25, 0.3) is 0 Å². The van der Waals surface area contributed by atoms with Gasteiger partial charge in [-0.3, -0.25) is 0 Å². The van der Waals surface area contributed by atoms with Crippen molar-refractivity contribution in [2.75, 3.05) is 20.1 Å². The molecule has 0 aliphatic carbocycles. The van der Waals surface area contributed by atoms with Crippen molar-refractivity contribution in [3.63, 3.8) is 0 Å². The molecule has 0 aliphatic heterocycles. The van der Waals surface area contributed by atoms with Gasteiger partial charge in [-0.25, -0.2) is 4.68 Å². The van der Waals surface area contributed by atoms with Crippen LogP contribution in [0.4, 0.5) is 0 Å². The highest BCUT2D eigenvalue weighted by Gasteiger charge is 2.14. The maximum absolute atomic E-state index is 4.19. The molecule has 1 heterocycles. The van der Waals surface area contributed by atoms with Crippen molar-refractivity contribution < 1.29 is 0 Å². The minimum atomic E-state index is 0.00201. The minimum absolute atomic E-state index is 0.00201. The lowest BCUT2D eigenvalue weighted by Gasteiger charge is -2.23. The van der Waals surface area contributed by atoms with Gasteiger partial charge in [0, 0.05) is 25.7 Å². The quantitative estimate of drug-likeness (QED) is 0.766. The van der Waals surface area contributed by atoms with E-state index in [1.54, 1.807) is 0 Å². The van der Waals surface area contributed by atoms with Crippen molar-refractivity contribution in [2.45, 2.75) is 59.2 Å². The lowest BCUT2D eigenvalue weighted by molar-refractivity contribution is 0.251. The first-order chi connectivity index (χ1) is 8.84. The topological polar surface area (TPSA) is 46.0 Å². The smallest absolute Gasteiger partial charge is 0.0965 e. The van der Waals surface area contributed by atoms with Gasteiger partial charge in [0.05, 0.1) is 17.4 Å². The molecule has 0 bridgehead atoms. The van der Waals surface area contributed by atoms with Crippen LogP contribution in [0.25, 0.3) is 0 Å². The number of nitrogens with zero attached hydrogens (tertiary/aromatic N) is 4. The van der Waals surface area contributed by atoms with Gasteiger partial charge in [0.15, 0.2) is 0 Å². The Hall–Kier alpha value is -0.940. The third kappa shape index (κ3) is 5.28. The van der Waals surface area contributed by atoms with Crippen LogP contribution in [0.5, 0.6) is 0 Å². The zero-order valence-corrected chi connectivity index (χ0v) is 13.3. The Balaban J connectivity index is 2.28. The summed E-state index contributed by atoms with van der Waals surface area (Å²) in [5, 5.41) is 11.8. The Kier molecular flexibility index (Phi) is 5.94. The highest BCUT2D eigenvalue weighted by molar-refractivity contribution is 4.94. The molecule has 1 unspecified atom stereocenters. The van der Waals surface area contributed by atoms with E-state index in [0.29, 0.717) is 6.04 Å². The van der Waals surface area contributed by atoms with Crippen molar-refractivity contribution in [1.82, 2.24) is 25.2 Å². The van der Waals surface area contributed by atoms with Crippen LogP contribution in [0, 0.1) is 0 Å². The van der Waals surface area contributed by atoms with Crippen LogP contribution in [0.3, 0.4) is 0 Å². The van der Waals surface area contributed by atoms with Crippen molar-refractivity contribution in [3.8, 4) is 0 Å². The first-order valence-electron chi connectivity index (χ1n) is 7.17. The molecule has 0 saturated heterocycles. The number of aromatic nitrogens is 3. The summed E-state index contributed by atoms with van der Waals surface area (Å²) in [6.45, 7) is 13.7. The third-order valence-electron chi connectivity index (χ3n) is 3.52. The fourth-order valence-corrected chi connectivity index (χ4v) is 1.71. The predicted molar refractivity (Wildman–Crippen MR) is 79.1 cm³/mol. The molecule has 19 heavy (non-hydrogen) atoms. The normalized spacial score (nSPS) is 14.1. The van der Waals surface area contributed by atoms with Crippen LogP contribution in [-0.2, 0) is 12.1 Å². The molecule has 5 nitrogen and oxygen atoms in total. The number of rotatable bonds is 7. The first kappa shape index (κ1) is 16.1. The Morgan fingerprint density at radius 2 is 2.11 bits per heavy atom. The molecule has 1 N–H and O–H groups in total. The van der Waals surface area contributed by atoms with E-state index in [-0.39, 0.29) is 5.54 Å². The molecule has 0 radical (unpaired) electrons. The molecule has 1 aromatic heterocycles. The fourth-order valence-electron chi connectivity index (χ4n) is 1.71. The molecule has 0 amide bonds. The second kappa shape index (κ2) is 7.01. The van der Waals surface area contributed by atoms with Crippen LogP contribution >= 0.6 is 0 Å². The zero-order chi connectivity index (χ0) is 14.5. The van der Waals surface area contributed by atoms with E-state index in [1.807, 2.05) is 10.9 Å². The van der Waals surface area contributed by atoms with Gasteiger partial charge in [-0.2, -0.15) is 0 Å². The van der Waals surface area contributed by atoms with E-state index in [9.17, 15) is 0 Å². The predicted octanol–water partition coefficient (Wildman–Crippen LogP) is 1.85. The largest absolute Gasteiger partial charge is 0.310 e. The second-order valence-corrected chi connectivity index (χ2v) is 6.24. The molecule has 0 spiro atoms. The van der Waals surface area contributed by atoms with E-state index < -0.39 is 0 Å². The van der Waals surface area contributed by atoms with Crippen LogP contribution in [0.15, 0.2) is 6.20 Å². The maximum atomic E-state index is 4.19. The van der Waals surface area contributed by atoms with Gasteiger partial charge >= 0.3 is 0 Å². The van der Waals surface area contributed by atoms with Crippen LogP contribution in [0.1, 0.15) is 46.7 Å². The third-order valence-corrected chi connectivity index (χ3v) is 3.52. The lowest BCUT2D eigenvalue weighted by Crippen LogP contribution is -2.34. The maximum Gasteiger partial charge on any atom is 0.0965 e. The van der Waals surface area contributed by atoms with Crippen LogP contribution < -0.4 is 5.32 Å². The molecule has 0 aromatic carbocycles. The van der Waals surface area contributed by atoms with Crippen LogP contribution in [0.2, 0.25) is 0 Å². The molecule has 0 fully saturated rings. The van der Waals surface area contributed by atoms with Gasteiger partial charge in [-0.05, 0) is 41.2 Å². The molecule has 1 atom stereocenters. The average Bonchev–Trinajstić information content (AvgIpc) is 2.81. The summed E-state index contributed by atoms with van der Waals surface area (Å²) in [7, 11) is 2.17. The van der Waals surface area contributed by atoms with Gasteiger partial charge in [0.1, 0.15) is 0 Å². The number of likely N-dealkylation sites (N-methyl/N-ethyl adjacent to an activating group) is 1. The summed E-state index contributed by atoms with van der Waals surface area (Å²) >= 11 is 0. The minimum Gasteiger partial charge on any atom is -0.310 e. The molecule has 1 aromatic rings. The standard InChI is InChI=1S/C14H29N5/c1-7-12(2)18(6)9-8-15-10-13-11-19(17-16-13)14(3,4)5/h11-12,15H,7-10H2,1-6H3. The zero-order valence-electron chi connectivity index (χ0n) is 13.3. The Morgan fingerprint density at radius 1 is 1.42 bits per heavy atom. The van der Waals surface area contributed by atoms with E-state index in [4.69, 9.17) is 0 Å². The first-order valence-corrected chi connectivity index (χ1v) is 7.17. The molecule has 5 heteroatoms. The summed E-state index contributed by atoms with van der Waals surface area (Å²) < 4.78 is 1.91. The van der Waals surface area contributed by atoms with Crippen molar-refractivity contribution in [2.24, 2.45) is 0 Å². The fraction of sp³-hybridized carbons (Fsp3) is 0.857. The van der Waals surface area contributed by atoms with Gasteiger partial charge < -0.3 is 10.2 Å². The van der Waals surface area contributed by atoms with E-state index in [0.717, 1.165) is 25.3 Å². The number of hydrogen-bond acceptors (Lipinski definition) is 4. The average molecular weight is 267 g/mol. The highest BCUT2D eigenvalue weighted by Crippen LogP contribution is 2.11. The van der Waals surface area contributed by atoms with Gasteiger partial charge in [-0.15, -0.1) is 5.10 Å². The van der Waals surface area contributed by atoms with Gasteiger partial charge in [-0.1, -0.05) is 12.1 Å². The summed E-state index contributed by atoms with van der Waals surface area (Å²) in [4.78, 5) is 2.37. The lowest BCUT2D eigenvalue weighted by atomic mass is 10.1. The second-order valence-electron chi connectivity index (χ2n) is 6.24. The molecule has 1 rings (SSSR count).